The molecule has 2 aliphatic rings. The van der Waals surface area contributed by atoms with Gasteiger partial charge in [0.25, 0.3) is 0 Å². The Labute approximate surface area is 108 Å². The molecule has 0 amide bonds. The van der Waals surface area contributed by atoms with Crippen LogP contribution >= 0.6 is 0 Å². The van der Waals surface area contributed by atoms with Crippen LogP contribution in [0.25, 0.3) is 0 Å². The fourth-order valence-electron chi connectivity index (χ4n) is 3.30. The van der Waals surface area contributed by atoms with E-state index in [1.165, 1.54) is 12.0 Å². The summed E-state index contributed by atoms with van der Waals surface area (Å²) in [5.41, 5.74) is 2.50. The second-order valence-corrected chi connectivity index (χ2v) is 6.08. The number of nitrogens with one attached hydrogen (secondary N) is 1. The molecule has 0 bridgehead atoms. The topological polar surface area (TPSA) is 15.3 Å². The van der Waals surface area contributed by atoms with E-state index in [0.717, 1.165) is 44.7 Å². The Bertz CT molecular complexity index is 438. The number of rotatable bonds is 2. The van der Waals surface area contributed by atoms with Gasteiger partial charge in [-0.05, 0) is 42.0 Å². The van der Waals surface area contributed by atoms with Gasteiger partial charge in [-0.3, -0.25) is 4.90 Å². The van der Waals surface area contributed by atoms with E-state index >= 15 is 0 Å². The SMILES string of the molecule is CC1(CN2CCc3c(F)cccc3C2)CCNC1. The number of benzene rings is 1. The molecule has 0 saturated carbocycles. The second kappa shape index (κ2) is 4.63. The van der Waals surface area contributed by atoms with E-state index in [-0.39, 0.29) is 5.82 Å². The summed E-state index contributed by atoms with van der Waals surface area (Å²) in [6, 6.07) is 5.48. The van der Waals surface area contributed by atoms with Gasteiger partial charge in [0.05, 0.1) is 0 Å². The highest BCUT2D eigenvalue weighted by Gasteiger charge is 2.31. The van der Waals surface area contributed by atoms with Gasteiger partial charge in [0, 0.05) is 26.2 Å². The summed E-state index contributed by atoms with van der Waals surface area (Å²) in [6.45, 7) is 7.62. The van der Waals surface area contributed by atoms with Crippen LogP contribution in [0.4, 0.5) is 4.39 Å². The Morgan fingerprint density at radius 2 is 2.33 bits per heavy atom. The van der Waals surface area contributed by atoms with Crippen LogP contribution in [0.3, 0.4) is 0 Å². The van der Waals surface area contributed by atoms with Crippen molar-refractivity contribution in [1.82, 2.24) is 10.2 Å². The monoisotopic (exact) mass is 248 g/mol. The van der Waals surface area contributed by atoms with Crippen LogP contribution in [0.1, 0.15) is 24.5 Å². The van der Waals surface area contributed by atoms with Crippen LogP contribution in [0.2, 0.25) is 0 Å². The van der Waals surface area contributed by atoms with Gasteiger partial charge in [-0.25, -0.2) is 4.39 Å². The summed E-state index contributed by atoms with van der Waals surface area (Å²) in [5.74, 6) is -0.0269. The first kappa shape index (κ1) is 12.1. The molecule has 2 aliphatic heterocycles. The highest BCUT2D eigenvalue weighted by Crippen LogP contribution is 2.29. The van der Waals surface area contributed by atoms with Crippen LogP contribution < -0.4 is 5.32 Å². The van der Waals surface area contributed by atoms with Gasteiger partial charge in [0.15, 0.2) is 0 Å². The smallest absolute Gasteiger partial charge is 0.126 e. The number of halogens is 1. The van der Waals surface area contributed by atoms with Gasteiger partial charge in [-0.1, -0.05) is 19.1 Å². The van der Waals surface area contributed by atoms with Crippen LogP contribution in [0.5, 0.6) is 0 Å². The highest BCUT2D eigenvalue weighted by atomic mass is 19.1. The van der Waals surface area contributed by atoms with Gasteiger partial charge in [0.2, 0.25) is 0 Å². The van der Waals surface area contributed by atoms with E-state index in [1.54, 1.807) is 6.07 Å². The molecule has 0 radical (unpaired) electrons. The molecule has 1 unspecified atom stereocenters. The summed E-state index contributed by atoms with van der Waals surface area (Å²) in [4.78, 5) is 2.48. The van der Waals surface area contributed by atoms with Gasteiger partial charge in [-0.2, -0.15) is 0 Å². The zero-order chi connectivity index (χ0) is 12.6. The van der Waals surface area contributed by atoms with E-state index < -0.39 is 0 Å². The highest BCUT2D eigenvalue weighted by molar-refractivity contribution is 5.30. The average molecular weight is 248 g/mol. The Hall–Kier alpha value is -0.930. The largest absolute Gasteiger partial charge is 0.316 e. The van der Waals surface area contributed by atoms with Crippen LogP contribution in [-0.4, -0.2) is 31.1 Å². The van der Waals surface area contributed by atoms with Crippen molar-refractivity contribution in [2.75, 3.05) is 26.2 Å². The van der Waals surface area contributed by atoms with Crippen molar-refractivity contribution in [3.63, 3.8) is 0 Å². The molecule has 1 aromatic carbocycles. The van der Waals surface area contributed by atoms with Crippen LogP contribution in [-0.2, 0) is 13.0 Å². The first-order valence-electron chi connectivity index (χ1n) is 6.86. The molecule has 3 heteroatoms. The van der Waals surface area contributed by atoms with Crippen molar-refractivity contribution in [3.05, 3.63) is 35.1 Å². The average Bonchev–Trinajstić information content (AvgIpc) is 2.76. The molecular formula is C15H21FN2. The van der Waals surface area contributed by atoms with Crippen molar-refractivity contribution in [2.24, 2.45) is 5.41 Å². The number of fused-ring (bicyclic) bond motifs is 1. The van der Waals surface area contributed by atoms with Crippen LogP contribution in [0.15, 0.2) is 18.2 Å². The lowest BCUT2D eigenvalue weighted by Crippen LogP contribution is -2.40. The van der Waals surface area contributed by atoms with Gasteiger partial charge < -0.3 is 5.32 Å². The van der Waals surface area contributed by atoms with Crippen LogP contribution in [0, 0.1) is 11.2 Å². The third-order valence-electron chi connectivity index (χ3n) is 4.35. The minimum atomic E-state index is -0.0269. The van der Waals surface area contributed by atoms with Crippen molar-refractivity contribution in [3.8, 4) is 0 Å². The minimum Gasteiger partial charge on any atom is -0.316 e. The predicted molar refractivity (Wildman–Crippen MR) is 71.0 cm³/mol. The van der Waals surface area contributed by atoms with Gasteiger partial charge in [-0.15, -0.1) is 0 Å². The molecule has 0 aliphatic carbocycles. The van der Waals surface area contributed by atoms with Crippen molar-refractivity contribution >= 4 is 0 Å². The molecule has 0 spiro atoms. The molecule has 2 heterocycles. The molecule has 1 fully saturated rings. The maximum Gasteiger partial charge on any atom is 0.126 e. The molecule has 1 aromatic rings. The zero-order valence-electron chi connectivity index (χ0n) is 11.0. The maximum atomic E-state index is 13.7. The molecule has 2 nitrogen and oxygen atoms in total. The molecule has 3 rings (SSSR count). The first-order chi connectivity index (χ1) is 8.66. The van der Waals surface area contributed by atoms with Crippen molar-refractivity contribution in [2.45, 2.75) is 26.3 Å². The van der Waals surface area contributed by atoms with E-state index in [0.29, 0.717) is 5.41 Å². The summed E-state index contributed by atoms with van der Waals surface area (Å²) in [7, 11) is 0. The second-order valence-electron chi connectivity index (χ2n) is 6.08. The number of hydrogen-bond acceptors (Lipinski definition) is 2. The summed E-state index contributed by atoms with van der Waals surface area (Å²) in [6.07, 6.45) is 2.10. The zero-order valence-corrected chi connectivity index (χ0v) is 11.0. The van der Waals surface area contributed by atoms with E-state index in [1.807, 2.05) is 6.07 Å². The molecule has 98 valence electrons. The van der Waals surface area contributed by atoms with E-state index in [4.69, 9.17) is 0 Å². The predicted octanol–water partition coefficient (Wildman–Crippen LogP) is 2.18. The summed E-state index contributed by atoms with van der Waals surface area (Å²) < 4.78 is 13.7. The molecule has 1 saturated heterocycles. The third-order valence-corrected chi connectivity index (χ3v) is 4.35. The van der Waals surface area contributed by atoms with E-state index in [9.17, 15) is 4.39 Å². The van der Waals surface area contributed by atoms with Crippen molar-refractivity contribution < 1.29 is 4.39 Å². The quantitative estimate of drug-likeness (QED) is 0.863. The molecule has 1 N–H and O–H groups in total. The standard InChI is InChI=1S/C15H21FN2/c1-15(6-7-17-10-15)11-18-8-5-13-12(9-18)3-2-4-14(13)16/h2-4,17H,5-11H2,1H3. The first-order valence-corrected chi connectivity index (χ1v) is 6.86. The van der Waals surface area contributed by atoms with Gasteiger partial charge >= 0.3 is 0 Å². The molecule has 1 atom stereocenters. The Kier molecular flexibility index (Phi) is 3.12. The Balaban J connectivity index is 1.71. The maximum absolute atomic E-state index is 13.7. The van der Waals surface area contributed by atoms with E-state index in [2.05, 4.69) is 23.2 Å². The summed E-state index contributed by atoms with van der Waals surface area (Å²) in [5, 5.41) is 3.44. The Morgan fingerprint density at radius 1 is 1.44 bits per heavy atom. The molecule has 18 heavy (non-hydrogen) atoms. The van der Waals surface area contributed by atoms with Crippen molar-refractivity contribution in [1.29, 1.82) is 0 Å². The molecule has 0 aromatic heterocycles. The number of nitrogens with zero attached hydrogens (tertiary/aromatic N) is 1. The fraction of sp³-hybridized carbons (Fsp3) is 0.600. The van der Waals surface area contributed by atoms with Gasteiger partial charge in [0.1, 0.15) is 5.82 Å². The lowest BCUT2D eigenvalue weighted by atomic mass is 9.88. The fourth-order valence-corrected chi connectivity index (χ4v) is 3.30. The third kappa shape index (κ3) is 2.29. The number of hydrogen-bond donors (Lipinski definition) is 1. The summed E-state index contributed by atoms with van der Waals surface area (Å²) >= 11 is 0. The Morgan fingerprint density at radius 3 is 3.11 bits per heavy atom. The minimum absolute atomic E-state index is 0.0269. The molecular weight excluding hydrogens is 227 g/mol. The normalized spacial score (nSPS) is 28.3. The lowest BCUT2D eigenvalue weighted by Gasteiger charge is -2.35. The lowest BCUT2D eigenvalue weighted by molar-refractivity contribution is 0.163.